The number of carbonyl (C=O) groups is 2. The van der Waals surface area contributed by atoms with Crippen LogP contribution in [0.4, 0.5) is 0 Å². The smallest absolute Gasteiger partial charge is 0.335 e. The standard InChI is InChI=1S/C12H11Cl2NO4/c1-15-9(16)5-19-11(12(17)18)10(15)7-3-2-6(13)4-8(7)14/h2-4,10-11H,5H2,1H3,(H,17,18). The van der Waals surface area contributed by atoms with Crippen LogP contribution < -0.4 is 0 Å². The van der Waals surface area contributed by atoms with E-state index in [-0.39, 0.29) is 12.5 Å². The van der Waals surface area contributed by atoms with Gasteiger partial charge in [0.1, 0.15) is 6.61 Å². The molecule has 2 unspecified atom stereocenters. The monoisotopic (exact) mass is 303 g/mol. The molecule has 1 aliphatic heterocycles. The Morgan fingerprint density at radius 2 is 2.16 bits per heavy atom. The lowest BCUT2D eigenvalue weighted by molar-refractivity contribution is -0.171. The molecule has 0 aliphatic carbocycles. The van der Waals surface area contributed by atoms with E-state index >= 15 is 0 Å². The summed E-state index contributed by atoms with van der Waals surface area (Å²) < 4.78 is 5.09. The molecule has 0 radical (unpaired) electrons. The number of halogens is 2. The van der Waals surface area contributed by atoms with E-state index in [1.54, 1.807) is 12.1 Å². The zero-order chi connectivity index (χ0) is 14.2. The second-order valence-electron chi connectivity index (χ2n) is 4.19. The molecule has 1 amide bonds. The third-order valence-electron chi connectivity index (χ3n) is 3.01. The van der Waals surface area contributed by atoms with E-state index in [0.717, 1.165) is 0 Å². The molecule has 102 valence electrons. The van der Waals surface area contributed by atoms with Gasteiger partial charge in [0.05, 0.1) is 6.04 Å². The molecule has 1 fully saturated rings. The molecule has 2 rings (SSSR count). The van der Waals surface area contributed by atoms with Crippen LogP contribution in [0.2, 0.25) is 10.0 Å². The van der Waals surface area contributed by atoms with Crippen LogP contribution >= 0.6 is 23.2 Å². The Morgan fingerprint density at radius 3 is 2.74 bits per heavy atom. The number of ether oxygens (including phenoxy) is 1. The first-order valence-electron chi connectivity index (χ1n) is 5.47. The molecular formula is C12H11Cl2NO4. The molecule has 5 nitrogen and oxygen atoms in total. The molecule has 0 spiro atoms. The molecule has 1 aromatic rings. The summed E-state index contributed by atoms with van der Waals surface area (Å²) in [5.74, 6) is -1.44. The predicted molar refractivity (Wildman–Crippen MR) is 69.3 cm³/mol. The number of hydrogen-bond donors (Lipinski definition) is 1. The maximum Gasteiger partial charge on any atom is 0.335 e. The number of benzene rings is 1. The number of rotatable bonds is 2. The first-order valence-corrected chi connectivity index (χ1v) is 6.22. The second-order valence-corrected chi connectivity index (χ2v) is 5.03. The summed E-state index contributed by atoms with van der Waals surface area (Å²) in [6.45, 7) is -0.255. The molecule has 0 aromatic heterocycles. The maximum atomic E-state index is 11.7. The van der Waals surface area contributed by atoms with E-state index in [4.69, 9.17) is 27.9 Å². The van der Waals surface area contributed by atoms with Crippen molar-refractivity contribution < 1.29 is 19.4 Å². The summed E-state index contributed by atoms with van der Waals surface area (Å²) in [6, 6.07) is 3.92. The largest absolute Gasteiger partial charge is 0.479 e. The van der Waals surface area contributed by atoms with Gasteiger partial charge in [0.25, 0.3) is 0 Å². The van der Waals surface area contributed by atoms with Crippen molar-refractivity contribution in [1.29, 1.82) is 0 Å². The number of likely N-dealkylation sites (N-methyl/N-ethyl adjacent to an activating group) is 1. The molecule has 1 aliphatic rings. The number of carboxylic acid groups (broad SMARTS) is 1. The number of carbonyl (C=O) groups excluding carboxylic acids is 1. The van der Waals surface area contributed by atoms with Crippen molar-refractivity contribution in [2.24, 2.45) is 0 Å². The molecule has 2 atom stereocenters. The summed E-state index contributed by atoms with van der Waals surface area (Å²) in [7, 11) is 1.52. The van der Waals surface area contributed by atoms with E-state index in [0.29, 0.717) is 15.6 Å². The van der Waals surface area contributed by atoms with E-state index in [9.17, 15) is 14.7 Å². The number of morpholine rings is 1. The number of aliphatic carboxylic acids is 1. The third-order valence-corrected chi connectivity index (χ3v) is 3.57. The van der Waals surface area contributed by atoms with Crippen LogP contribution in [0.25, 0.3) is 0 Å². The van der Waals surface area contributed by atoms with Crippen molar-refractivity contribution in [1.82, 2.24) is 4.90 Å². The van der Waals surface area contributed by atoms with Gasteiger partial charge >= 0.3 is 5.97 Å². The van der Waals surface area contributed by atoms with Gasteiger partial charge in [-0.05, 0) is 17.7 Å². The van der Waals surface area contributed by atoms with Gasteiger partial charge in [0, 0.05) is 17.1 Å². The lowest BCUT2D eigenvalue weighted by Crippen LogP contribution is -2.50. The van der Waals surface area contributed by atoms with Crippen molar-refractivity contribution in [3.05, 3.63) is 33.8 Å². The van der Waals surface area contributed by atoms with Crippen molar-refractivity contribution in [2.45, 2.75) is 12.1 Å². The zero-order valence-corrected chi connectivity index (χ0v) is 11.5. The minimum atomic E-state index is -1.15. The van der Waals surface area contributed by atoms with Crippen LogP contribution in [0.5, 0.6) is 0 Å². The molecule has 1 heterocycles. The fraction of sp³-hybridized carbons (Fsp3) is 0.333. The van der Waals surface area contributed by atoms with E-state index in [2.05, 4.69) is 0 Å². The summed E-state index contributed by atoms with van der Waals surface area (Å²) in [4.78, 5) is 24.2. The van der Waals surface area contributed by atoms with Crippen LogP contribution in [-0.2, 0) is 14.3 Å². The average Bonchev–Trinajstić information content (AvgIpc) is 2.33. The predicted octanol–water partition coefficient (Wildman–Crippen LogP) is 1.98. The Kier molecular flexibility index (Phi) is 3.99. The highest BCUT2D eigenvalue weighted by atomic mass is 35.5. The summed E-state index contributed by atoms with van der Waals surface area (Å²) in [5, 5.41) is 9.92. The normalized spacial score (nSPS) is 23.5. The van der Waals surface area contributed by atoms with Crippen molar-refractivity contribution in [3.8, 4) is 0 Å². The molecule has 7 heteroatoms. The minimum absolute atomic E-state index is 0.255. The van der Waals surface area contributed by atoms with Crippen LogP contribution in [-0.4, -0.2) is 41.6 Å². The number of hydrogen-bond acceptors (Lipinski definition) is 3. The summed E-state index contributed by atoms with van der Waals surface area (Å²) in [5.41, 5.74) is 0.494. The fourth-order valence-electron chi connectivity index (χ4n) is 2.03. The Morgan fingerprint density at radius 1 is 1.47 bits per heavy atom. The zero-order valence-electron chi connectivity index (χ0n) is 9.97. The molecule has 1 aromatic carbocycles. The SMILES string of the molecule is CN1C(=O)COC(C(=O)O)C1c1ccc(Cl)cc1Cl. The molecular weight excluding hydrogens is 293 g/mol. The number of carboxylic acids is 1. The van der Waals surface area contributed by atoms with Gasteiger partial charge in [0.2, 0.25) is 5.91 Å². The van der Waals surface area contributed by atoms with Crippen molar-refractivity contribution in [3.63, 3.8) is 0 Å². The van der Waals surface area contributed by atoms with Gasteiger partial charge in [-0.25, -0.2) is 4.79 Å². The van der Waals surface area contributed by atoms with Gasteiger partial charge in [-0.1, -0.05) is 29.3 Å². The topological polar surface area (TPSA) is 66.8 Å². The van der Waals surface area contributed by atoms with Crippen LogP contribution in [0.1, 0.15) is 11.6 Å². The van der Waals surface area contributed by atoms with Crippen LogP contribution in [0.3, 0.4) is 0 Å². The van der Waals surface area contributed by atoms with Gasteiger partial charge in [-0.3, -0.25) is 4.79 Å². The van der Waals surface area contributed by atoms with E-state index < -0.39 is 18.1 Å². The molecule has 1 N–H and O–H groups in total. The van der Waals surface area contributed by atoms with Gasteiger partial charge in [0.15, 0.2) is 6.10 Å². The van der Waals surface area contributed by atoms with Gasteiger partial charge in [-0.15, -0.1) is 0 Å². The highest BCUT2D eigenvalue weighted by Crippen LogP contribution is 2.34. The van der Waals surface area contributed by atoms with Crippen LogP contribution in [0.15, 0.2) is 18.2 Å². The number of nitrogens with zero attached hydrogens (tertiary/aromatic N) is 1. The van der Waals surface area contributed by atoms with Gasteiger partial charge in [-0.2, -0.15) is 0 Å². The lowest BCUT2D eigenvalue weighted by Gasteiger charge is -2.37. The molecule has 1 saturated heterocycles. The average molecular weight is 304 g/mol. The van der Waals surface area contributed by atoms with E-state index in [1.165, 1.54) is 18.0 Å². The summed E-state index contributed by atoms with van der Waals surface area (Å²) in [6.07, 6.45) is -1.15. The van der Waals surface area contributed by atoms with Crippen molar-refractivity contribution >= 4 is 35.1 Å². The third kappa shape index (κ3) is 2.68. The minimum Gasteiger partial charge on any atom is -0.479 e. The van der Waals surface area contributed by atoms with Crippen molar-refractivity contribution in [2.75, 3.05) is 13.7 Å². The highest BCUT2D eigenvalue weighted by molar-refractivity contribution is 6.35. The lowest BCUT2D eigenvalue weighted by atomic mass is 9.98. The fourth-order valence-corrected chi connectivity index (χ4v) is 2.55. The second kappa shape index (κ2) is 5.36. The van der Waals surface area contributed by atoms with E-state index in [1.807, 2.05) is 0 Å². The van der Waals surface area contributed by atoms with Crippen LogP contribution in [0, 0.1) is 0 Å². The summed E-state index contributed by atoms with van der Waals surface area (Å²) >= 11 is 11.9. The first-order chi connectivity index (χ1) is 8.91. The Labute approximate surface area is 119 Å². The molecule has 0 bridgehead atoms. The van der Waals surface area contributed by atoms with Gasteiger partial charge < -0.3 is 14.7 Å². The Bertz CT molecular complexity index is 534. The Balaban J connectivity index is 2.46. The number of amides is 1. The quantitative estimate of drug-likeness (QED) is 0.907. The highest BCUT2D eigenvalue weighted by Gasteiger charge is 2.40. The maximum absolute atomic E-state index is 11.7. The molecule has 19 heavy (non-hydrogen) atoms. The first kappa shape index (κ1) is 14.1. The Hall–Kier alpha value is -1.30. The molecule has 0 saturated carbocycles.